The van der Waals surface area contributed by atoms with Gasteiger partial charge in [-0.3, -0.25) is 47.9 Å². The first-order valence-electron chi connectivity index (χ1n) is 22.0. The highest BCUT2D eigenvalue weighted by Crippen LogP contribution is 2.15. The van der Waals surface area contributed by atoms with Gasteiger partial charge in [-0.2, -0.15) is 12.6 Å². The van der Waals surface area contributed by atoms with Gasteiger partial charge in [0.15, 0.2) is 0 Å². The fourth-order valence-electron chi connectivity index (χ4n) is 6.13. The lowest BCUT2D eigenvalue weighted by atomic mass is 9.94. The Bertz CT molecular complexity index is 1950. The molecule has 0 unspecified atom stereocenters. The molecule has 25 heteroatoms. The maximum atomic E-state index is 13.6. The summed E-state index contributed by atoms with van der Waals surface area (Å²) in [6.45, 7) is 10.9. The molecule has 0 aromatic heterocycles. The van der Waals surface area contributed by atoms with E-state index in [1.54, 1.807) is 34.6 Å². The Morgan fingerprint density at radius 3 is 1.57 bits per heavy atom. The van der Waals surface area contributed by atoms with Gasteiger partial charge in [0.05, 0.1) is 19.0 Å². The summed E-state index contributed by atoms with van der Waals surface area (Å²) in [6.07, 6.45) is -1.46. The molecule has 0 aliphatic heterocycles. The Labute approximate surface area is 399 Å². The van der Waals surface area contributed by atoms with Crippen LogP contribution in [0.15, 0.2) is 24.3 Å². The molecule has 0 saturated carbocycles. The van der Waals surface area contributed by atoms with E-state index in [0.717, 1.165) is 0 Å². The number of hydrogen-bond donors (Lipinski definition) is 14. The molecule has 8 amide bonds. The second-order valence-electron chi connectivity index (χ2n) is 16.7. The number of hydrogen-bond acceptors (Lipinski definition) is 14. The lowest BCUT2D eigenvalue weighted by Gasteiger charge is -2.30. The molecule has 1 aromatic rings. The number of thiol groups is 1. The van der Waals surface area contributed by atoms with Crippen molar-refractivity contribution >= 4 is 77.8 Å². The largest absolute Gasteiger partial charge is 0.508 e. The van der Waals surface area contributed by atoms with Gasteiger partial charge in [0.1, 0.15) is 48.0 Å². The third kappa shape index (κ3) is 20.6. The molecular formula is C43H67N9O15S. The van der Waals surface area contributed by atoms with Crippen LogP contribution in [0, 0.1) is 17.8 Å². The second kappa shape index (κ2) is 29.3. The lowest BCUT2D eigenvalue weighted by molar-refractivity contribution is -0.143. The van der Waals surface area contributed by atoms with Crippen molar-refractivity contribution in [3.63, 3.8) is 0 Å². The summed E-state index contributed by atoms with van der Waals surface area (Å²) in [5.74, 6) is -13.3. The maximum absolute atomic E-state index is 13.6. The van der Waals surface area contributed by atoms with Gasteiger partial charge in [-0.05, 0) is 48.8 Å². The van der Waals surface area contributed by atoms with E-state index in [9.17, 15) is 73.2 Å². The second-order valence-corrected chi connectivity index (χ2v) is 17.1. The quantitative estimate of drug-likeness (QED) is 0.0367. The van der Waals surface area contributed by atoms with Crippen molar-refractivity contribution in [3.05, 3.63) is 29.8 Å². The van der Waals surface area contributed by atoms with Gasteiger partial charge in [0, 0.05) is 18.6 Å². The summed E-state index contributed by atoms with van der Waals surface area (Å²) < 4.78 is 0. The zero-order chi connectivity index (χ0) is 52.0. The summed E-state index contributed by atoms with van der Waals surface area (Å²) >= 11 is 4.05. The third-order valence-corrected chi connectivity index (χ3v) is 11.3. The van der Waals surface area contributed by atoms with Crippen LogP contribution in [0.5, 0.6) is 5.75 Å². The normalized spacial score (nSPS) is 15.4. The molecule has 0 aliphatic carbocycles. The fourth-order valence-corrected chi connectivity index (χ4v) is 6.38. The summed E-state index contributed by atoms with van der Waals surface area (Å²) in [7, 11) is 0. The molecule has 0 saturated heterocycles. The Kier molecular flexibility index (Phi) is 25.6. The van der Waals surface area contributed by atoms with Crippen molar-refractivity contribution in [2.75, 3.05) is 12.3 Å². The van der Waals surface area contributed by atoms with Crippen LogP contribution >= 0.6 is 12.6 Å². The van der Waals surface area contributed by atoms with E-state index in [2.05, 4.69) is 55.2 Å². The van der Waals surface area contributed by atoms with Crippen molar-refractivity contribution in [1.82, 2.24) is 42.5 Å². The zero-order valence-electron chi connectivity index (χ0n) is 39.1. The standard InChI is InChI=1S/C43H67N9O15S/c1-8-21(5)34(52-42(65)35(22(6)9-2)51-40(63)33(44)20(3)4)41(64)46-23(7)36(59)48-27(17-32(57)58)39(62)50-29(19-68)37(60)45-18-30(54)47-26(14-15-31(55)56)38(61)49-28(43(66)67)16-24-10-12-25(53)13-11-24/h10-13,20-23,26-29,33-35,53,68H,8-9,14-19,44H2,1-7H3,(H,45,60)(H,46,64)(H,47,54)(H,48,59)(H,49,61)(H,50,62)(H,51,63)(H,52,65)(H,55,56)(H,57,58)(H,66,67)/t21-,22-,23-,26-,27-,28-,29-,33-,34-,35-/m0/s1. The average molecular weight is 982 g/mol. The minimum Gasteiger partial charge on any atom is -0.508 e. The van der Waals surface area contributed by atoms with Gasteiger partial charge in [0.25, 0.3) is 0 Å². The Balaban J connectivity index is 3.06. The monoisotopic (exact) mass is 981 g/mol. The number of aliphatic carboxylic acids is 3. The van der Waals surface area contributed by atoms with Crippen LogP contribution in [0.4, 0.5) is 0 Å². The molecule has 380 valence electrons. The zero-order valence-corrected chi connectivity index (χ0v) is 40.0. The molecule has 0 aliphatic rings. The summed E-state index contributed by atoms with van der Waals surface area (Å²) in [5, 5.41) is 56.9. The van der Waals surface area contributed by atoms with Crippen LogP contribution in [0.1, 0.15) is 86.1 Å². The Hall–Kier alpha value is -6.50. The topological polar surface area (TPSA) is 391 Å². The highest BCUT2D eigenvalue weighted by Gasteiger charge is 2.36. The van der Waals surface area contributed by atoms with Gasteiger partial charge in [-0.15, -0.1) is 0 Å². The maximum Gasteiger partial charge on any atom is 0.326 e. The molecular weight excluding hydrogens is 915 g/mol. The van der Waals surface area contributed by atoms with Gasteiger partial charge in [-0.25, -0.2) is 4.79 Å². The van der Waals surface area contributed by atoms with E-state index in [1.807, 2.05) is 6.92 Å². The minimum atomic E-state index is -1.82. The van der Waals surface area contributed by atoms with Crippen molar-refractivity contribution in [3.8, 4) is 5.75 Å². The van der Waals surface area contributed by atoms with Gasteiger partial charge < -0.3 is 68.7 Å². The van der Waals surface area contributed by atoms with Crippen LogP contribution in [0.3, 0.4) is 0 Å². The number of carbonyl (C=O) groups is 11. The summed E-state index contributed by atoms with van der Waals surface area (Å²) in [5.41, 5.74) is 6.41. The molecule has 0 spiro atoms. The van der Waals surface area contributed by atoms with E-state index in [4.69, 9.17) is 5.73 Å². The number of carboxylic acids is 3. The first kappa shape index (κ1) is 59.5. The van der Waals surface area contributed by atoms with Crippen LogP contribution in [0.2, 0.25) is 0 Å². The van der Waals surface area contributed by atoms with Crippen molar-refractivity contribution < 1.29 is 73.2 Å². The number of amides is 8. The summed E-state index contributed by atoms with van der Waals surface area (Å²) in [6, 6.07) is -5.61. The molecule has 0 bridgehead atoms. The molecule has 0 heterocycles. The number of carbonyl (C=O) groups excluding carboxylic acids is 8. The fraction of sp³-hybridized carbons (Fsp3) is 0.605. The number of phenolic OH excluding ortho intramolecular Hbond substituents is 1. The van der Waals surface area contributed by atoms with Crippen molar-refractivity contribution in [2.45, 2.75) is 135 Å². The third-order valence-electron chi connectivity index (χ3n) is 10.9. The van der Waals surface area contributed by atoms with E-state index >= 15 is 0 Å². The molecule has 1 aromatic carbocycles. The smallest absolute Gasteiger partial charge is 0.326 e. The van der Waals surface area contributed by atoms with Crippen molar-refractivity contribution in [2.24, 2.45) is 23.5 Å². The minimum absolute atomic E-state index is 0.0843. The van der Waals surface area contributed by atoms with Gasteiger partial charge in [0.2, 0.25) is 47.3 Å². The van der Waals surface area contributed by atoms with E-state index in [1.165, 1.54) is 31.2 Å². The van der Waals surface area contributed by atoms with E-state index < -0.39 is 151 Å². The van der Waals surface area contributed by atoms with E-state index in [-0.39, 0.29) is 24.0 Å². The van der Waals surface area contributed by atoms with Crippen LogP contribution in [-0.2, 0) is 59.2 Å². The van der Waals surface area contributed by atoms with Gasteiger partial charge >= 0.3 is 17.9 Å². The van der Waals surface area contributed by atoms with E-state index in [0.29, 0.717) is 18.4 Å². The first-order valence-corrected chi connectivity index (χ1v) is 22.6. The number of carboxylic acid groups (broad SMARTS) is 3. The highest BCUT2D eigenvalue weighted by molar-refractivity contribution is 7.80. The molecule has 1 rings (SSSR count). The average Bonchev–Trinajstić information content (AvgIpc) is 3.28. The molecule has 68 heavy (non-hydrogen) atoms. The SMILES string of the molecule is CC[C@H](C)[C@H](NC(=O)[C@@H](N)C(C)C)C(=O)N[C@H](C(=O)N[C@@H](C)C(=O)N[C@@H](CC(=O)O)C(=O)N[C@@H](CS)C(=O)NCC(=O)N[C@@H](CCC(=O)O)C(=O)N[C@@H](Cc1ccc(O)cc1)C(=O)O)[C@@H](C)CC. The van der Waals surface area contributed by atoms with Crippen LogP contribution in [-0.4, -0.2) is 146 Å². The number of nitrogens with two attached hydrogens (primary N) is 1. The molecule has 24 nitrogen and oxygen atoms in total. The number of aromatic hydroxyl groups is 1. The Morgan fingerprint density at radius 2 is 1.09 bits per heavy atom. The number of rotatable bonds is 30. The first-order chi connectivity index (χ1) is 31.8. The Morgan fingerprint density at radius 1 is 0.588 bits per heavy atom. The number of benzene rings is 1. The highest BCUT2D eigenvalue weighted by atomic mass is 32.1. The van der Waals surface area contributed by atoms with Crippen LogP contribution in [0.25, 0.3) is 0 Å². The van der Waals surface area contributed by atoms with Crippen LogP contribution < -0.4 is 48.3 Å². The molecule has 10 atom stereocenters. The number of phenols is 1. The summed E-state index contributed by atoms with van der Waals surface area (Å²) in [4.78, 5) is 141. The lowest BCUT2D eigenvalue weighted by Crippen LogP contribution is -2.61. The molecule has 0 radical (unpaired) electrons. The van der Waals surface area contributed by atoms with Gasteiger partial charge in [-0.1, -0.05) is 66.5 Å². The van der Waals surface area contributed by atoms with Crippen molar-refractivity contribution in [1.29, 1.82) is 0 Å². The predicted molar refractivity (Wildman–Crippen MR) is 246 cm³/mol. The molecule has 0 fully saturated rings. The number of nitrogens with one attached hydrogen (secondary N) is 8. The predicted octanol–water partition coefficient (Wildman–Crippen LogP) is -2.11. The molecule has 14 N–H and O–H groups in total.